The van der Waals surface area contributed by atoms with Gasteiger partial charge in [0.2, 0.25) is 0 Å². The van der Waals surface area contributed by atoms with Crippen LogP contribution < -0.4 is 0 Å². The molecule has 1 aromatic rings. The van der Waals surface area contributed by atoms with Gasteiger partial charge in [0.25, 0.3) is 0 Å². The molecule has 1 N–H and O–H groups in total. The average Bonchev–Trinajstić information content (AvgIpc) is 2.68. The molecule has 0 unspecified atom stereocenters. The first kappa shape index (κ1) is 10.6. The van der Waals surface area contributed by atoms with E-state index in [1.54, 1.807) is 6.20 Å². The van der Waals surface area contributed by atoms with Gasteiger partial charge in [-0.2, -0.15) is 0 Å². The molecule has 0 aliphatic carbocycles. The monoisotopic (exact) mass is 211 g/mol. The van der Waals surface area contributed by atoms with E-state index in [1.165, 1.54) is 0 Å². The molecule has 2 rings (SSSR count). The molecule has 1 aromatic heterocycles. The van der Waals surface area contributed by atoms with Crippen molar-refractivity contribution in [2.75, 3.05) is 19.8 Å². The molecular weight excluding hydrogens is 194 g/mol. The zero-order valence-electron chi connectivity index (χ0n) is 8.82. The lowest BCUT2D eigenvalue weighted by molar-refractivity contribution is 0.0646. The van der Waals surface area contributed by atoms with Gasteiger partial charge in [-0.3, -0.25) is 0 Å². The maximum atomic E-state index is 8.75. The summed E-state index contributed by atoms with van der Waals surface area (Å²) in [6, 6.07) is 0. The minimum absolute atomic E-state index is 0.117. The Balaban J connectivity index is 1.86. The first-order valence-electron chi connectivity index (χ1n) is 5.50. The third-order valence-electron chi connectivity index (χ3n) is 2.76. The van der Waals surface area contributed by atoms with Crippen molar-refractivity contribution >= 4 is 0 Å². The summed E-state index contributed by atoms with van der Waals surface area (Å²) in [6.07, 6.45) is 5.36. The van der Waals surface area contributed by atoms with Gasteiger partial charge in [-0.1, -0.05) is 0 Å². The SMILES string of the molecule is OCCc1cnc(CC2CCOCC2)o1. The van der Waals surface area contributed by atoms with Crippen LogP contribution in [0.2, 0.25) is 0 Å². The van der Waals surface area contributed by atoms with Crippen LogP contribution >= 0.6 is 0 Å². The lowest BCUT2D eigenvalue weighted by Crippen LogP contribution is -2.17. The van der Waals surface area contributed by atoms with Crippen molar-refractivity contribution in [3.63, 3.8) is 0 Å². The van der Waals surface area contributed by atoms with Gasteiger partial charge >= 0.3 is 0 Å². The number of hydrogen-bond donors (Lipinski definition) is 1. The van der Waals surface area contributed by atoms with Gasteiger partial charge in [0.05, 0.1) is 12.8 Å². The van der Waals surface area contributed by atoms with Crippen molar-refractivity contribution in [2.24, 2.45) is 5.92 Å². The highest BCUT2D eigenvalue weighted by Crippen LogP contribution is 2.19. The number of aromatic nitrogens is 1. The summed E-state index contributed by atoms with van der Waals surface area (Å²) in [5.41, 5.74) is 0. The standard InChI is InChI=1S/C11H17NO3/c13-4-1-10-8-12-11(15-10)7-9-2-5-14-6-3-9/h8-9,13H,1-7H2. The average molecular weight is 211 g/mol. The second-order valence-corrected chi connectivity index (χ2v) is 3.95. The minimum Gasteiger partial charge on any atom is -0.446 e. The minimum atomic E-state index is 0.117. The Kier molecular flexibility index (Phi) is 3.75. The normalized spacial score (nSPS) is 18.2. The van der Waals surface area contributed by atoms with Gasteiger partial charge in [0.15, 0.2) is 5.89 Å². The molecule has 0 saturated carbocycles. The van der Waals surface area contributed by atoms with Gasteiger partial charge in [-0.25, -0.2) is 4.98 Å². The van der Waals surface area contributed by atoms with Crippen LogP contribution in [-0.2, 0) is 17.6 Å². The molecule has 0 radical (unpaired) electrons. The number of aliphatic hydroxyl groups is 1. The highest BCUT2D eigenvalue weighted by atomic mass is 16.5. The first-order chi connectivity index (χ1) is 7.38. The van der Waals surface area contributed by atoms with Gasteiger partial charge in [0.1, 0.15) is 5.76 Å². The van der Waals surface area contributed by atoms with Crippen molar-refractivity contribution < 1.29 is 14.3 Å². The van der Waals surface area contributed by atoms with Crippen molar-refractivity contribution in [3.05, 3.63) is 17.8 Å². The fourth-order valence-corrected chi connectivity index (χ4v) is 1.87. The predicted molar refractivity (Wildman–Crippen MR) is 54.5 cm³/mol. The predicted octanol–water partition coefficient (Wildman–Crippen LogP) is 1.18. The molecule has 84 valence electrons. The molecule has 0 spiro atoms. The smallest absolute Gasteiger partial charge is 0.194 e. The number of aliphatic hydroxyl groups excluding tert-OH is 1. The van der Waals surface area contributed by atoms with Crippen LogP contribution in [0.1, 0.15) is 24.5 Å². The number of ether oxygens (including phenoxy) is 1. The Morgan fingerprint density at radius 2 is 2.20 bits per heavy atom. The van der Waals surface area contributed by atoms with Gasteiger partial charge in [-0.05, 0) is 18.8 Å². The van der Waals surface area contributed by atoms with Crippen LogP contribution in [0.3, 0.4) is 0 Å². The zero-order valence-corrected chi connectivity index (χ0v) is 8.82. The van der Waals surface area contributed by atoms with E-state index in [2.05, 4.69) is 4.98 Å². The van der Waals surface area contributed by atoms with Crippen molar-refractivity contribution in [2.45, 2.75) is 25.7 Å². The fourth-order valence-electron chi connectivity index (χ4n) is 1.87. The van der Waals surface area contributed by atoms with Crippen molar-refractivity contribution in [1.82, 2.24) is 4.98 Å². The summed E-state index contributed by atoms with van der Waals surface area (Å²) < 4.78 is 10.8. The number of hydrogen-bond acceptors (Lipinski definition) is 4. The first-order valence-corrected chi connectivity index (χ1v) is 5.50. The molecule has 2 heterocycles. The fraction of sp³-hybridized carbons (Fsp3) is 0.727. The molecule has 0 atom stereocenters. The third-order valence-corrected chi connectivity index (χ3v) is 2.76. The maximum absolute atomic E-state index is 8.75. The van der Waals surface area contributed by atoms with Crippen LogP contribution in [0.25, 0.3) is 0 Å². The Hall–Kier alpha value is -0.870. The molecule has 1 aliphatic rings. The topological polar surface area (TPSA) is 55.5 Å². The van der Waals surface area contributed by atoms with E-state index in [0.717, 1.165) is 44.1 Å². The van der Waals surface area contributed by atoms with Crippen LogP contribution in [-0.4, -0.2) is 29.9 Å². The van der Waals surface area contributed by atoms with E-state index in [0.29, 0.717) is 12.3 Å². The van der Waals surface area contributed by atoms with E-state index in [4.69, 9.17) is 14.3 Å². The summed E-state index contributed by atoms with van der Waals surface area (Å²) in [4.78, 5) is 4.21. The maximum Gasteiger partial charge on any atom is 0.194 e. The molecule has 0 aromatic carbocycles. The molecule has 0 amide bonds. The van der Waals surface area contributed by atoms with Gasteiger partial charge in [-0.15, -0.1) is 0 Å². The molecule has 15 heavy (non-hydrogen) atoms. The zero-order chi connectivity index (χ0) is 10.5. The highest BCUT2D eigenvalue weighted by molar-refractivity contribution is 4.95. The third kappa shape index (κ3) is 3.04. The van der Waals surface area contributed by atoms with Gasteiger partial charge in [0, 0.05) is 26.1 Å². The van der Waals surface area contributed by atoms with E-state index >= 15 is 0 Å². The number of nitrogens with zero attached hydrogens (tertiary/aromatic N) is 1. The van der Waals surface area contributed by atoms with E-state index in [-0.39, 0.29) is 6.61 Å². The Morgan fingerprint density at radius 3 is 2.93 bits per heavy atom. The molecule has 0 bridgehead atoms. The van der Waals surface area contributed by atoms with Crippen LogP contribution in [0.15, 0.2) is 10.6 Å². The van der Waals surface area contributed by atoms with Crippen LogP contribution in [0, 0.1) is 5.92 Å². The number of rotatable bonds is 4. The van der Waals surface area contributed by atoms with E-state index < -0.39 is 0 Å². The van der Waals surface area contributed by atoms with Crippen molar-refractivity contribution in [1.29, 1.82) is 0 Å². The lowest BCUT2D eigenvalue weighted by Gasteiger charge is -2.20. The molecular formula is C11H17NO3. The summed E-state index contributed by atoms with van der Waals surface area (Å²) in [5, 5.41) is 8.75. The molecule has 1 fully saturated rings. The Morgan fingerprint density at radius 1 is 1.40 bits per heavy atom. The van der Waals surface area contributed by atoms with Crippen LogP contribution in [0.4, 0.5) is 0 Å². The largest absolute Gasteiger partial charge is 0.446 e. The molecule has 1 aliphatic heterocycles. The quantitative estimate of drug-likeness (QED) is 0.812. The Bertz CT molecular complexity index is 292. The summed E-state index contributed by atoms with van der Waals surface area (Å²) >= 11 is 0. The number of oxazole rings is 1. The summed E-state index contributed by atoms with van der Waals surface area (Å²) in [5.74, 6) is 2.21. The second kappa shape index (κ2) is 5.28. The molecule has 4 heteroatoms. The Labute approximate surface area is 89.3 Å². The van der Waals surface area contributed by atoms with Gasteiger partial charge < -0.3 is 14.3 Å². The van der Waals surface area contributed by atoms with Crippen molar-refractivity contribution in [3.8, 4) is 0 Å². The van der Waals surface area contributed by atoms with Crippen LogP contribution in [0.5, 0.6) is 0 Å². The molecule has 1 saturated heterocycles. The summed E-state index contributed by atoms with van der Waals surface area (Å²) in [7, 11) is 0. The highest BCUT2D eigenvalue weighted by Gasteiger charge is 2.16. The molecule has 4 nitrogen and oxygen atoms in total. The van der Waals surface area contributed by atoms with E-state index in [9.17, 15) is 0 Å². The van der Waals surface area contributed by atoms with E-state index in [1.807, 2.05) is 0 Å². The second-order valence-electron chi connectivity index (χ2n) is 3.95. The lowest BCUT2D eigenvalue weighted by atomic mass is 9.97. The summed E-state index contributed by atoms with van der Waals surface area (Å²) in [6.45, 7) is 1.83.